The number of aliphatic hydroxyl groups is 1. The SMILES string of the molecule is CC(C)CC(NC(=O)CC1Cc2ccccc2C1)C(O)CC[N-]C(C)C.[Ac]. The molecule has 2 unspecified atom stereocenters. The molecule has 1 radical (unpaired) electrons. The van der Waals surface area contributed by atoms with Gasteiger partial charge in [-0.05, 0) is 48.6 Å². The second-order valence-electron chi connectivity index (χ2n) is 8.41. The predicted octanol–water partition coefficient (Wildman–Crippen LogP) is 3.86. The Morgan fingerprint density at radius 2 is 1.78 bits per heavy atom. The van der Waals surface area contributed by atoms with Crippen LogP contribution >= 0.6 is 0 Å². The summed E-state index contributed by atoms with van der Waals surface area (Å²) < 4.78 is 0. The summed E-state index contributed by atoms with van der Waals surface area (Å²) in [6.07, 6.45) is 3.35. The topological polar surface area (TPSA) is 63.4 Å². The van der Waals surface area contributed by atoms with Crippen molar-refractivity contribution in [3.8, 4) is 0 Å². The van der Waals surface area contributed by atoms with Gasteiger partial charge in [0.25, 0.3) is 0 Å². The normalized spacial score (nSPS) is 16.1. The molecule has 2 atom stereocenters. The van der Waals surface area contributed by atoms with Gasteiger partial charge in [0.15, 0.2) is 0 Å². The molecule has 149 valence electrons. The summed E-state index contributed by atoms with van der Waals surface area (Å²) >= 11 is 0. The Labute approximate surface area is 200 Å². The minimum absolute atomic E-state index is 0. The number of amides is 1. The minimum Gasteiger partial charge on any atom is -0.660 e. The predicted molar refractivity (Wildman–Crippen MR) is 107 cm³/mol. The fourth-order valence-electron chi connectivity index (χ4n) is 3.81. The maximum atomic E-state index is 12.6. The number of carbonyl (C=O) groups is 1. The van der Waals surface area contributed by atoms with Crippen molar-refractivity contribution in [2.45, 2.75) is 78.0 Å². The van der Waals surface area contributed by atoms with E-state index in [9.17, 15) is 9.90 Å². The summed E-state index contributed by atoms with van der Waals surface area (Å²) in [6, 6.07) is 8.56. The van der Waals surface area contributed by atoms with Crippen LogP contribution in [0, 0.1) is 55.9 Å². The van der Waals surface area contributed by atoms with Crippen molar-refractivity contribution >= 4 is 5.91 Å². The zero-order chi connectivity index (χ0) is 19.1. The number of nitrogens with one attached hydrogen (secondary N) is 1. The molecule has 1 aromatic rings. The van der Waals surface area contributed by atoms with Crippen molar-refractivity contribution in [2.75, 3.05) is 6.54 Å². The molecule has 2 rings (SSSR count). The molecule has 0 saturated heterocycles. The Morgan fingerprint density at radius 3 is 2.30 bits per heavy atom. The van der Waals surface area contributed by atoms with Crippen molar-refractivity contribution < 1.29 is 54.0 Å². The van der Waals surface area contributed by atoms with Gasteiger partial charge in [-0.25, -0.2) is 0 Å². The van der Waals surface area contributed by atoms with Gasteiger partial charge in [-0.2, -0.15) is 0 Å². The summed E-state index contributed by atoms with van der Waals surface area (Å²) in [5.41, 5.74) is 2.75. The number of benzene rings is 1. The Kier molecular flexibility index (Phi) is 11.7. The molecule has 4 nitrogen and oxygen atoms in total. The van der Waals surface area contributed by atoms with Crippen LogP contribution in [0.5, 0.6) is 0 Å². The first kappa shape index (κ1) is 25.1. The number of fused-ring (bicyclic) bond motifs is 1. The number of carbonyl (C=O) groups excluding carboxylic acids is 1. The zero-order valence-electron chi connectivity index (χ0n) is 17.3. The number of rotatable bonds is 10. The van der Waals surface area contributed by atoms with Gasteiger partial charge in [-0.3, -0.25) is 4.79 Å². The largest absolute Gasteiger partial charge is 0.660 e. The Bertz CT molecular complexity index is 552. The average molecular weight is 587 g/mol. The molecule has 0 aromatic heterocycles. The van der Waals surface area contributed by atoms with Gasteiger partial charge in [0.2, 0.25) is 5.91 Å². The maximum absolute atomic E-state index is 12.6. The van der Waals surface area contributed by atoms with Crippen LogP contribution in [0.4, 0.5) is 0 Å². The second-order valence-corrected chi connectivity index (χ2v) is 8.41. The Balaban J connectivity index is 0.00000364. The van der Waals surface area contributed by atoms with Crippen molar-refractivity contribution in [3.63, 3.8) is 0 Å². The van der Waals surface area contributed by atoms with E-state index in [-0.39, 0.29) is 62.1 Å². The minimum atomic E-state index is -0.537. The van der Waals surface area contributed by atoms with E-state index in [2.05, 4.69) is 48.7 Å². The van der Waals surface area contributed by atoms with E-state index in [4.69, 9.17) is 0 Å². The smallest absolute Gasteiger partial charge is 0.220 e. The molecular weight excluding hydrogens is 551 g/mol. The zero-order valence-corrected chi connectivity index (χ0v) is 22.1. The molecule has 0 fully saturated rings. The van der Waals surface area contributed by atoms with Gasteiger partial charge in [-0.15, -0.1) is 12.6 Å². The standard InChI is InChI=1S/C22H35N2O2.Ac/c1-15(2)11-20(21(25)9-10-23-16(3)4)24-22(26)14-17-12-18-7-5-6-8-19(18)13-17;/h5-8,15-17,20-21,25H,9-14H2,1-4H3,(H,24,26);/q-1;. The fourth-order valence-corrected chi connectivity index (χ4v) is 3.81. The van der Waals surface area contributed by atoms with E-state index in [1.807, 2.05) is 13.8 Å². The van der Waals surface area contributed by atoms with Crippen LogP contribution in [0.25, 0.3) is 5.32 Å². The molecular formula is C22H35AcN2O2-. The molecule has 0 heterocycles. The van der Waals surface area contributed by atoms with E-state index >= 15 is 0 Å². The van der Waals surface area contributed by atoms with Gasteiger partial charge in [0.05, 0.1) is 12.1 Å². The molecule has 2 N–H and O–H groups in total. The molecule has 0 bridgehead atoms. The van der Waals surface area contributed by atoms with Crippen molar-refractivity contribution in [3.05, 3.63) is 40.7 Å². The van der Waals surface area contributed by atoms with E-state index in [1.54, 1.807) is 0 Å². The number of nitrogens with zero attached hydrogens (tertiary/aromatic N) is 1. The summed E-state index contributed by atoms with van der Waals surface area (Å²) in [5, 5.41) is 18.1. The quantitative estimate of drug-likeness (QED) is 0.438. The van der Waals surface area contributed by atoms with E-state index in [0.29, 0.717) is 31.2 Å². The first-order valence-corrected chi connectivity index (χ1v) is 10.1. The molecule has 5 heteroatoms. The molecule has 1 amide bonds. The van der Waals surface area contributed by atoms with Gasteiger partial charge < -0.3 is 15.7 Å². The van der Waals surface area contributed by atoms with Gasteiger partial charge in [0, 0.05) is 50.5 Å². The number of hydrogen-bond acceptors (Lipinski definition) is 2. The summed E-state index contributed by atoms with van der Waals surface area (Å²) in [5.74, 6) is 0.862. The summed E-state index contributed by atoms with van der Waals surface area (Å²) in [6.45, 7) is 8.97. The first-order valence-electron chi connectivity index (χ1n) is 10.1. The number of hydrogen-bond donors (Lipinski definition) is 2. The molecule has 1 aromatic carbocycles. The van der Waals surface area contributed by atoms with E-state index in [0.717, 1.165) is 19.3 Å². The molecule has 0 spiro atoms. The van der Waals surface area contributed by atoms with Gasteiger partial charge >= 0.3 is 0 Å². The van der Waals surface area contributed by atoms with Crippen LogP contribution in [0.1, 0.15) is 58.1 Å². The Morgan fingerprint density at radius 1 is 1.19 bits per heavy atom. The van der Waals surface area contributed by atoms with Crippen molar-refractivity contribution in [1.29, 1.82) is 0 Å². The summed E-state index contributed by atoms with van der Waals surface area (Å²) in [4.78, 5) is 12.6. The molecule has 1 aliphatic carbocycles. The molecule has 0 aliphatic heterocycles. The first-order chi connectivity index (χ1) is 12.3. The Hall–Kier alpha value is 0.0516. The monoisotopic (exact) mass is 586 g/mol. The molecule has 0 saturated carbocycles. The van der Waals surface area contributed by atoms with Crippen molar-refractivity contribution in [2.24, 2.45) is 11.8 Å². The van der Waals surface area contributed by atoms with Crippen LogP contribution in [0.15, 0.2) is 24.3 Å². The second kappa shape index (κ2) is 12.6. The van der Waals surface area contributed by atoms with Crippen LogP contribution in [0.2, 0.25) is 0 Å². The third-order valence-corrected chi connectivity index (χ3v) is 5.06. The third-order valence-electron chi connectivity index (χ3n) is 5.06. The summed E-state index contributed by atoms with van der Waals surface area (Å²) in [7, 11) is 0. The molecule has 27 heavy (non-hydrogen) atoms. The van der Waals surface area contributed by atoms with Crippen molar-refractivity contribution in [1.82, 2.24) is 5.32 Å². The number of aliphatic hydroxyl groups excluding tert-OH is 1. The molecule has 1 aliphatic rings. The van der Waals surface area contributed by atoms with Crippen LogP contribution in [-0.2, 0) is 17.6 Å². The average Bonchev–Trinajstić information content (AvgIpc) is 2.95. The van der Waals surface area contributed by atoms with Crippen LogP contribution in [-0.4, -0.2) is 35.7 Å². The van der Waals surface area contributed by atoms with Gasteiger partial charge in [0.1, 0.15) is 0 Å². The maximum Gasteiger partial charge on any atom is 0.220 e. The fraction of sp³-hybridized carbons (Fsp3) is 0.682. The van der Waals surface area contributed by atoms with Crippen LogP contribution < -0.4 is 5.32 Å². The van der Waals surface area contributed by atoms with Gasteiger partial charge in [-0.1, -0.05) is 52.0 Å². The van der Waals surface area contributed by atoms with E-state index in [1.165, 1.54) is 11.1 Å². The van der Waals surface area contributed by atoms with E-state index < -0.39 is 6.10 Å². The van der Waals surface area contributed by atoms with Crippen LogP contribution in [0.3, 0.4) is 0 Å². The third kappa shape index (κ3) is 8.94.